The highest BCUT2D eigenvalue weighted by atomic mass is 35.5. The summed E-state index contributed by atoms with van der Waals surface area (Å²) in [5, 5.41) is 4.46. The van der Waals surface area contributed by atoms with E-state index in [-0.39, 0.29) is 18.2 Å². The molecule has 0 aliphatic carbocycles. The molecule has 1 N–H and O–H groups in total. The van der Waals surface area contributed by atoms with Crippen molar-refractivity contribution < 1.29 is 17.2 Å². The van der Waals surface area contributed by atoms with Crippen LogP contribution in [0.4, 0.5) is 11.4 Å². The first-order valence-corrected chi connectivity index (χ1v) is 6.88. The summed E-state index contributed by atoms with van der Waals surface area (Å²) in [7, 11) is 0. The summed E-state index contributed by atoms with van der Waals surface area (Å²) in [5.41, 5.74) is 4.52. The number of halogens is 1. The number of aromatic nitrogens is 1. The number of anilines is 2. The number of hydrogen-bond acceptors (Lipinski definition) is 3. The van der Waals surface area contributed by atoms with Crippen molar-refractivity contribution in [3.63, 3.8) is 0 Å². The molecule has 0 amide bonds. The van der Waals surface area contributed by atoms with Crippen molar-refractivity contribution in [3.8, 4) is 0 Å². The van der Waals surface area contributed by atoms with E-state index in [0.717, 1.165) is 28.0 Å². The number of carbonyl (C=O) groups is 1. The van der Waals surface area contributed by atoms with Crippen LogP contribution in [0.2, 0.25) is 0 Å². The third-order valence-electron chi connectivity index (χ3n) is 3.39. The molecule has 0 atom stereocenters. The molecule has 0 fully saturated rings. The van der Waals surface area contributed by atoms with Crippen LogP contribution in [0.15, 0.2) is 54.6 Å². The number of ketones is 1. The number of benzene rings is 2. The van der Waals surface area contributed by atoms with Gasteiger partial charge in [-0.05, 0) is 38.1 Å². The SMILES string of the molecule is CC(=O)c1cccc(Nc2cc(C)nc3ccccc23)c1.[Cl-]. The Morgan fingerprint density at radius 2 is 1.82 bits per heavy atom. The standard InChI is InChI=1S/C18H16N2O.ClH/c1-12-10-18(16-8-3-4-9-17(16)19-12)20-15-7-5-6-14(11-15)13(2)21;/h3-11H,1-2H3,(H,19,20);1H/p-1. The van der Waals surface area contributed by atoms with Crippen LogP contribution in [0.3, 0.4) is 0 Å². The molecule has 2 aromatic carbocycles. The molecule has 0 radical (unpaired) electrons. The molecule has 1 aromatic heterocycles. The van der Waals surface area contributed by atoms with E-state index < -0.39 is 0 Å². The fraction of sp³-hybridized carbons (Fsp3) is 0.111. The zero-order valence-corrected chi connectivity index (χ0v) is 13.2. The Balaban J connectivity index is 0.00000176. The summed E-state index contributed by atoms with van der Waals surface area (Å²) in [4.78, 5) is 16.0. The van der Waals surface area contributed by atoms with Crippen molar-refractivity contribution >= 4 is 28.1 Å². The molecule has 0 bridgehead atoms. The minimum absolute atomic E-state index is 0. The second-order valence-electron chi connectivity index (χ2n) is 5.09. The molecule has 3 rings (SSSR count). The topological polar surface area (TPSA) is 42.0 Å². The van der Waals surface area contributed by atoms with Gasteiger partial charge >= 0.3 is 0 Å². The van der Waals surface area contributed by atoms with Gasteiger partial charge in [-0.3, -0.25) is 9.78 Å². The van der Waals surface area contributed by atoms with Gasteiger partial charge in [0.25, 0.3) is 0 Å². The predicted molar refractivity (Wildman–Crippen MR) is 86.2 cm³/mol. The van der Waals surface area contributed by atoms with Crippen molar-refractivity contribution in [2.75, 3.05) is 5.32 Å². The lowest BCUT2D eigenvalue weighted by atomic mass is 10.1. The molecule has 4 heteroatoms. The van der Waals surface area contributed by atoms with E-state index >= 15 is 0 Å². The summed E-state index contributed by atoms with van der Waals surface area (Å²) < 4.78 is 0. The number of aryl methyl sites for hydroxylation is 1. The van der Waals surface area contributed by atoms with Gasteiger partial charge in [-0.25, -0.2) is 0 Å². The molecule has 0 saturated carbocycles. The van der Waals surface area contributed by atoms with E-state index in [1.54, 1.807) is 6.92 Å². The summed E-state index contributed by atoms with van der Waals surface area (Å²) in [6.07, 6.45) is 0. The Bertz CT molecular complexity index is 830. The van der Waals surface area contributed by atoms with Crippen molar-refractivity contribution in [1.82, 2.24) is 4.98 Å². The van der Waals surface area contributed by atoms with Crippen LogP contribution in [0.1, 0.15) is 23.0 Å². The Morgan fingerprint density at radius 1 is 1.05 bits per heavy atom. The van der Waals surface area contributed by atoms with Crippen LogP contribution in [-0.4, -0.2) is 10.8 Å². The quantitative estimate of drug-likeness (QED) is 0.745. The Morgan fingerprint density at radius 3 is 2.59 bits per heavy atom. The minimum atomic E-state index is 0. The summed E-state index contributed by atoms with van der Waals surface area (Å²) >= 11 is 0. The van der Waals surface area contributed by atoms with Gasteiger partial charge in [-0.15, -0.1) is 0 Å². The van der Waals surface area contributed by atoms with Crippen LogP contribution in [0, 0.1) is 6.92 Å². The number of nitrogens with zero attached hydrogens (tertiary/aromatic N) is 1. The normalized spacial score (nSPS) is 10.1. The molecular formula is C18H16ClN2O-. The average Bonchev–Trinajstić information content (AvgIpc) is 2.47. The van der Waals surface area contributed by atoms with E-state index in [9.17, 15) is 4.79 Å². The minimum Gasteiger partial charge on any atom is -1.00 e. The maximum atomic E-state index is 11.5. The number of Topliss-reactive ketones (excluding diaryl/α,β-unsaturated/α-hetero) is 1. The van der Waals surface area contributed by atoms with E-state index in [0.29, 0.717) is 5.56 Å². The number of pyridine rings is 1. The van der Waals surface area contributed by atoms with Gasteiger partial charge in [0.1, 0.15) is 0 Å². The second-order valence-corrected chi connectivity index (χ2v) is 5.09. The van der Waals surface area contributed by atoms with Crippen LogP contribution in [-0.2, 0) is 0 Å². The maximum absolute atomic E-state index is 11.5. The Hall–Kier alpha value is -2.39. The number of rotatable bonds is 3. The lowest BCUT2D eigenvalue weighted by Crippen LogP contribution is -3.00. The molecule has 0 aliphatic rings. The van der Waals surface area contributed by atoms with Gasteiger partial charge < -0.3 is 17.7 Å². The molecule has 112 valence electrons. The molecule has 3 nitrogen and oxygen atoms in total. The van der Waals surface area contributed by atoms with E-state index in [2.05, 4.69) is 10.3 Å². The molecular weight excluding hydrogens is 296 g/mol. The summed E-state index contributed by atoms with van der Waals surface area (Å²) in [6, 6.07) is 17.6. The number of carbonyl (C=O) groups excluding carboxylic acids is 1. The molecule has 0 aliphatic heterocycles. The monoisotopic (exact) mass is 311 g/mol. The average molecular weight is 312 g/mol. The second kappa shape index (κ2) is 6.58. The first-order chi connectivity index (χ1) is 10.1. The number of fused-ring (bicyclic) bond motifs is 1. The third-order valence-corrected chi connectivity index (χ3v) is 3.39. The van der Waals surface area contributed by atoms with Gasteiger partial charge in [0.2, 0.25) is 0 Å². The van der Waals surface area contributed by atoms with E-state index in [1.807, 2.05) is 61.5 Å². The first kappa shape index (κ1) is 16.0. The van der Waals surface area contributed by atoms with Crippen molar-refractivity contribution in [2.45, 2.75) is 13.8 Å². The van der Waals surface area contributed by atoms with E-state index in [1.165, 1.54) is 0 Å². The van der Waals surface area contributed by atoms with Crippen molar-refractivity contribution in [2.24, 2.45) is 0 Å². The first-order valence-electron chi connectivity index (χ1n) is 6.88. The molecule has 0 spiro atoms. The van der Waals surface area contributed by atoms with Crippen LogP contribution < -0.4 is 17.7 Å². The third kappa shape index (κ3) is 3.26. The number of para-hydroxylation sites is 1. The van der Waals surface area contributed by atoms with Gasteiger partial charge in [0.05, 0.1) is 5.52 Å². The number of hydrogen-bond donors (Lipinski definition) is 1. The predicted octanol–water partition coefficient (Wildman–Crippen LogP) is 1.49. The maximum Gasteiger partial charge on any atom is 0.159 e. The molecule has 0 saturated heterocycles. The van der Waals surface area contributed by atoms with Crippen LogP contribution >= 0.6 is 0 Å². The van der Waals surface area contributed by atoms with Gasteiger partial charge in [-0.1, -0.05) is 30.3 Å². The lowest BCUT2D eigenvalue weighted by Gasteiger charge is -2.11. The summed E-state index contributed by atoms with van der Waals surface area (Å²) in [5.74, 6) is 0.0643. The number of nitrogens with one attached hydrogen (secondary N) is 1. The fourth-order valence-corrected chi connectivity index (χ4v) is 2.38. The largest absolute Gasteiger partial charge is 1.00 e. The highest BCUT2D eigenvalue weighted by Gasteiger charge is 2.05. The van der Waals surface area contributed by atoms with Gasteiger partial charge in [-0.2, -0.15) is 0 Å². The highest BCUT2D eigenvalue weighted by Crippen LogP contribution is 2.26. The lowest BCUT2D eigenvalue weighted by molar-refractivity contribution is -0.0000123. The van der Waals surface area contributed by atoms with Gasteiger partial charge in [0.15, 0.2) is 5.78 Å². The van der Waals surface area contributed by atoms with E-state index in [4.69, 9.17) is 0 Å². The molecule has 22 heavy (non-hydrogen) atoms. The molecule has 1 heterocycles. The zero-order valence-electron chi connectivity index (χ0n) is 12.4. The van der Waals surface area contributed by atoms with Crippen LogP contribution in [0.5, 0.6) is 0 Å². The zero-order chi connectivity index (χ0) is 14.8. The molecule has 3 aromatic rings. The molecule has 0 unspecified atom stereocenters. The fourth-order valence-electron chi connectivity index (χ4n) is 2.38. The highest BCUT2D eigenvalue weighted by molar-refractivity contribution is 5.96. The van der Waals surface area contributed by atoms with Crippen molar-refractivity contribution in [3.05, 3.63) is 65.9 Å². The van der Waals surface area contributed by atoms with Crippen LogP contribution in [0.25, 0.3) is 10.9 Å². The summed E-state index contributed by atoms with van der Waals surface area (Å²) in [6.45, 7) is 3.55. The van der Waals surface area contributed by atoms with Gasteiger partial charge in [0, 0.05) is 28.0 Å². The Kier molecular flexibility index (Phi) is 4.78. The Labute approximate surface area is 135 Å². The van der Waals surface area contributed by atoms with Crippen molar-refractivity contribution in [1.29, 1.82) is 0 Å². The smallest absolute Gasteiger partial charge is 0.159 e.